The number of carbonyl (C=O) groups is 1. The summed E-state index contributed by atoms with van der Waals surface area (Å²) >= 11 is 5.47. The van der Waals surface area contributed by atoms with Crippen molar-refractivity contribution >= 4 is 34.6 Å². The number of halogens is 1. The molecule has 0 aliphatic carbocycles. The number of nitro benzene ring substituents is 1. The second-order valence-electron chi connectivity index (χ2n) is 4.48. The average molecular weight is 334 g/mol. The summed E-state index contributed by atoms with van der Waals surface area (Å²) in [6.07, 6.45) is 0. The lowest BCUT2D eigenvalue weighted by atomic mass is 10.00. The number of non-ortho nitro benzene ring substituents is 1. The summed E-state index contributed by atoms with van der Waals surface area (Å²) in [7, 11) is 0. The van der Waals surface area contributed by atoms with Gasteiger partial charge in [0, 0.05) is 23.3 Å². The topological polar surface area (TPSA) is 105 Å². The fourth-order valence-corrected chi connectivity index (χ4v) is 2.06. The molecule has 7 nitrogen and oxygen atoms in total. The molecule has 0 heterocycles. The minimum absolute atomic E-state index is 0.0965. The third kappa shape index (κ3) is 3.83. The molecule has 0 bridgehead atoms. The average Bonchev–Trinajstić information content (AvgIpc) is 2.57. The van der Waals surface area contributed by atoms with Crippen molar-refractivity contribution in [3.05, 3.63) is 69.8 Å². The minimum atomic E-state index is -0.573. The Morgan fingerprint density at radius 3 is 2.52 bits per heavy atom. The predicted octanol–water partition coefficient (Wildman–Crippen LogP) is 3.00. The summed E-state index contributed by atoms with van der Waals surface area (Å²) in [6, 6.07) is 12.4. The van der Waals surface area contributed by atoms with E-state index in [9.17, 15) is 20.1 Å². The van der Waals surface area contributed by atoms with Crippen LogP contribution < -0.4 is 5.32 Å². The van der Waals surface area contributed by atoms with E-state index in [1.807, 2.05) is 0 Å². The van der Waals surface area contributed by atoms with Gasteiger partial charge in [0.15, 0.2) is 0 Å². The van der Waals surface area contributed by atoms with E-state index in [0.29, 0.717) is 5.56 Å². The van der Waals surface area contributed by atoms with Gasteiger partial charge in [-0.2, -0.15) is 0 Å². The Balaban J connectivity index is 2.58. The van der Waals surface area contributed by atoms with Gasteiger partial charge < -0.3 is 10.5 Å². The SMILES string of the molecule is O=C(CCl)Nc1ccc([N+](=O)[O-])cc1/C(=N\O)c1ccccc1. The quantitative estimate of drug-likeness (QED) is 0.288. The molecule has 0 aliphatic rings. The Labute approximate surface area is 136 Å². The van der Waals surface area contributed by atoms with Gasteiger partial charge in [-0.1, -0.05) is 35.5 Å². The van der Waals surface area contributed by atoms with Crippen LogP contribution in [-0.2, 0) is 4.79 Å². The first-order valence-electron chi connectivity index (χ1n) is 6.49. The van der Waals surface area contributed by atoms with Crippen molar-refractivity contribution in [1.29, 1.82) is 0 Å². The van der Waals surface area contributed by atoms with Crippen LogP contribution in [0.3, 0.4) is 0 Å². The fraction of sp³-hybridized carbons (Fsp3) is 0.0667. The Kier molecular flexibility index (Phi) is 5.27. The maximum Gasteiger partial charge on any atom is 0.270 e. The molecule has 2 rings (SSSR count). The first-order valence-corrected chi connectivity index (χ1v) is 7.02. The van der Waals surface area contributed by atoms with E-state index in [4.69, 9.17) is 11.6 Å². The zero-order valence-corrected chi connectivity index (χ0v) is 12.5. The first kappa shape index (κ1) is 16.4. The molecule has 0 radical (unpaired) electrons. The second-order valence-corrected chi connectivity index (χ2v) is 4.75. The number of nitro groups is 1. The van der Waals surface area contributed by atoms with Crippen molar-refractivity contribution in [3.63, 3.8) is 0 Å². The van der Waals surface area contributed by atoms with Crippen molar-refractivity contribution in [2.45, 2.75) is 0 Å². The number of hydrogen-bond donors (Lipinski definition) is 2. The molecule has 0 spiro atoms. The molecule has 118 valence electrons. The van der Waals surface area contributed by atoms with Crippen molar-refractivity contribution in [2.24, 2.45) is 5.16 Å². The molecule has 0 unspecified atom stereocenters. The molecule has 23 heavy (non-hydrogen) atoms. The smallest absolute Gasteiger partial charge is 0.270 e. The van der Waals surface area contributed by atoms with Crippen molar-refractivity contribution in [2.75, 3.05) is 11.2 Å². The van der Waals surface area contributed by atoms with Crippen molar-refractivity contribution < 1.29 is 14.9 Å². The minimum Gasteiger partial charge on any atom is -0.410 e. The van der Waals surface area contributed by atoms with Crippen LogP contribution in [0.15, 0.2) is 53.7 Å². The highest BCUT2D eigenvalue weighted by Crippen LogP contribution is 2.25. The summed E-state index contributed by atoms with van der Waals surface area (Å²) in [6.45, 7) is 0. The Morgan fingerprint density at radius 2 is 1.96 bits per heavy atom. The van der Waals surface area contributed by atoms with E-state index in [-0.39, 0.29) is 28.5 Å². The molecular formula is C15H12ClN3O4. The standard InChI is InChI=1S/C15H12ClN3O4/c16-9-14(20)17-13-7-6-11(19(22)23)8-12(13)15(18-21)10-4-2-1-3-5-10/h1-8,21H,9H2,(H,17,20)/b18-15-. The van der Waals surface area contributed by atoms with Crippen LogP contribution in [0.25, 0.3) is 0 Å². The molecule has 0 fully saturated rings. The summed E-state index contributed by atoms with van der Waals surface area (Å²) in [4.78, 5) is 21.9. The maximum atomic E-state index is 11.5. The van der Waals surface area contributed by atoms with E-state index in [0.717, 1.165) is 0 Å². The zero-order valence-electron chi connectivity index (χ0n) is 11.8. The van der Waals surface area contributed by atoms with Gasteiger partial charge in [0.1, 0.15) is 11.6 Å². The molecule has 2 aromatic rings. The number of nitrogens with zero attached hydrogens (tertiary/aromatic N) is 2. The molecule has 0 aromatic heterocycles. The largest absolute Gasteiger partial charge is 0.410 e. The Hall–Kier alpha value is -2.93. The van der Waals surface area contributed by atoms with Crippen LogP contribution in [0.5, 0.6) is 0 Å². The number of amides is 1. The van der Waals surface area contributed by atoms with Crippen LogP contribution in [0.1, 0.15) is 11.1 Å². The predicted molar refractivity (Wildman–Crippen MR) is 86.3 cm³/mol. The highest BCUT2D eigenvalue weighted by Gasteiger charge is 2.18. The van der Waals surface area contributed by atoms with Gasteiger partial charge in [0.2, 0.25) is 5.91 Å². The summed E-state index contributed by atoms with van der Waals surface area (Å²) in [5.41, 5.74) is 0.918. The zero-order chi connectivity index (χ0) is 16.8. The van der Waals surface area contributed by atoms with Crippen molar-refractivity contribution in [3.8, 4) is 0 Å². The maximum absolute atomic E-state index is 11.5. The van der Waals surface area contributed by atoms with Crippen LogP contribution >= 0.6 is 11.6 Å². The lowest BCUT2D eigenvalue weighted by molar-refractivity contribution is -0.384. The van der Waals surface area contributed by atoms with Crippen LogP contribution in [0, 0.1) is 10.1 Å². The molecule has 0 saturated carbocycles. The number of rotatable bonds is 5. The normalized spacial score (nSPS) is 11.1. The number of nitrogens with one attached hydrogen (secondary N) is 1. The molecule has 0 atom stereocenters. The summed E-state index contributed by atoms with van der Waals surface area (Å²) in [5, 5.41) is 26.1. The van der Waals surface area contributed by atoms with Gasteiger partial charge in [0.05, 0.1) is 10.6 Å². The fourth-order valence-electron chi connectivity index (χ4n) is 2.00. The Morgan fingerprint density at radius 1 is 1.26 bits per heavy atom. The molecule has 1 amide bonds. The van der Waals surface area contributed by atoms with Crippen LogP contribution in [0.2, 0.25) is 0 Å². The van der Waals surface area contributed by atoms with Gasteiger partial charge in [0.25, 0.3) is 5.69 Å². The molecule has 0 saturated heterocycles. The van der Waals surface area contributed by atoms with Gasteiger partial charge in [-0.25, -0.2) is 0 Å². The van der Waals surface area contributed by atoms with Crippen LogP contribution in [0.4, 0.5) is 11.4 Å². The van der Waals surface area contributed by atoms with E-state index in [1.54, 1.807) is 30.3 Å². The lowest BCUT2D eigenvalue weighted by Crippen LogP contribution is -2.16. The Bertz CT molecular complexity index is 763. The van der Waals surface area contributed by atoms with E-state index < -0.39 is 10.8 Å². The van der Waals surface area contributed by atoms with E-state index in [2.05, 4.69) is 10.5 Å². The number of carbonyl (C=O) groups excluding carboxylic acids is 1. The third-order valence-electron chi connectivity index (χ3n) is 3.01. The number of benzene rings is 2. The highest BCUT2D eigenvalue weighted by atomic mass is 35.5. The van der Waals surface area contributed by atoms with E-state index >= 15 is 0 Å². The number of alkyl halides is 1. The van der Waals surface area contributed by atoms with Crippen molar-refractivity contribution in [1.82, 2.24) is 0 Å². The van der Waals surface area contributed by atoms with Gasteiger partial charge in [-0.05, 0) is 6.07 Å². The monoisotopic (exact) mass is 333 g/mol. The van der Waals surface area contributed by atoms with Crippen LogP contribution in [-0.4, -0.2) is 27.6 Å². The third-order valence-corrected chi connectivity index (χ3v) is 3.25. The molecular weight excluding hydrogens is 322 g/mol. The lowest BCUT2D eigenvalue weighted by Gasteiger charge is -2.12. The summed E-state index contributed by atoms with van der Waals surface area (Å²) < 4.78 is 0. The number of hydrogen-bond acceptors (Lipinski definition) is 5. The molecule has 8 heteroatoms. The highest BCUT2D eigenvalue weighted by molar-refractivity contribution is 6.29. The molecule has 2 aromatic carbocycles. The van der Waals surface area contributed by atoms with Gasteiger partial charge in [-0.3, -0.25) is 14.9 Å². The van der Waals surface area contributed by atoms with Gasteiger partial charge in [-0.15, -0.1) is 11.6 Å². The number of anilines is 1. The molecule has 0 aliphatic heterocycles. The molecule has 2 N–H and O–H groups in total. The van der Waals surface area contributed by atoms with Gasteiger partial charge >= 0.3 is 0 Å². The number of oxime groups is 1. The second kappa shape index (κ2) is 7.37. The van der Waals surface area contributed by atoms with E-state index in [1.165, 1.54) is 18.2 Å². The summed E-state index contributed by atoms with van der Waals surface area (Å²) in [5.74, 6) is -0.750. The first-order chi connectivity index (χ1) is 11.1.